The van der Waals surface area contributed by atoms with Crippen molar-refractivity contribution in [1.82, 2.24) is 29.9 Å². The number of piperidine rings is 1. The summed E-state index contributed by atoms with van der Waals surface area (Å²) in [6.07, 6.45) is 7.22. The molecule has 8 heteroatoms. The van der Waals surface area contributed by atoms with Crippen LogP contribution in [0.5, 0.6) is 0 Å². The molecule has 4 heterocycles. The Morgan fingerprint density at radius 3 is 2.64 bits per heavy atom. The molecule has 0 atom stereocenters. The van der Waals surface area contributed by atoms with Crippen molar-refractivity contribution in [3.8, 4) is 0 Å². The Hall–Kier alpha value is -3.65. The fraction of sp³-hybridized carbons (Fsp3) is 0.280. The summed E-state index contributed by atoms with van der Waals surface area (Å²) < 4.78 is 14.9. The lowest BCUT2D eigenvalue weighted by atomic mass is 9.89. The molecule has 1 aliphatic rings. The molecule has 1 saturated heterocycles. The summed E-state index contributed by atoms with van der Waals surface area (Å²) in [7, 11) is 0. The fourth-order valence-electron chi connectivity index (χ4n) is 4.27. The molecule has 0 unspecified atom stereocenters. The van der Waals surface area contributed by atoms with Crippen LogP contribution >= 0.6 is 0 Å². The average Bonchev–Trinajstić information content (AvgIpc) is 3.28. The van der Waals surface area contributed by atoms with Crippen LogP contribution in [0.4, 0.5) is 15.9 Å². The normalized spacial score (nSPS) is 14.9. The number of rotatable bonds is 7. The van der Waals surface area contributed by atoms with E-state index in [2.05, 4.69) is 48.7 Å². The van der Waals surface area contributed by atoms with Crippen molar-refractivity contribution in [3.63, 3.8) is 0 Å². The van der Waals surface area contributed by atoms with Crippen molar-refractivity contribution in [2.24, 2.45) is 0 Å². The molecule has 33 heavy (non-hydrogen) atoms. The lowest BCUT2D eigenvalue weighted by molar-refractivity contribution is 0.202. The Bertz CT molecular complexity index is 1170. The molecule has 0 aliphatic carbocycles. The quantitative estimate of drug-likeness (QED) is 0.457. The van der Waals surface area contributed by atoms with Crippen LogP contribution in [-0.2, 0) is 13.1 Å². The van der Waals surface area contributed by atoms with Gasteiger partial charge in [0.15, 0.2) is 0 Å². The van der Waals surface area contributed by atoms with Crippen LogP contribution in [0.2, 0.25) is 0 Å². The largest absolute Gasteiger partial charge is 0.340 e. The zero-order valence-electron chi connectivity index (χ0n) is 18.3. The van der Waals surface area contributed by atoms with E-state index in [4.69, 9.17) is 0 Å². The second kappa shape index (κ2) is 9.87. The first kappa shape index (κ1) is 21.2. The minimum atomic E-state index is -0.336. The summed E-state index contributed by atoms with van der Waals surface area (Å²) >= 11 is 0. The number of nitrogens with one attached hydrogen (secondary N) is 1. The second-order valence-electron chi connectivity index (χ2n) is 8.39. The highest BCUT2D eigenvalue weighted by molar-refractivity contribution is 5.57. The zero-order valence-corrected chi connectivity index (χ0v) is 18.3. The number of halogens is 1. The number of hydrogen-bond donors (Lipinski definition) is 1. The van der Waals surface area contributed by atoms with E-state index in [-0.39, 0.29) is 5.82 Å². The lowest BCUT2D eigenvalue weighted by Gasteiger charge is -2.31. The van der Waals surface area contributed by atoms with E-state index in [0.717, 1.165) is 49.6 Å². The summed E-state index contributed by atoms with van der Waals surface area (Å²) in [4.78, 5) is 10.9. The van der Waals surface area contributed by atoms with Crippen LogP contribution < -0.4 is 5.32 Å². The summed E-state index contributed by atoms with van der Waals surface area (Å²) in [5.74, 6) is 0.820. The number of aromatic nitrogens is 5. The summed E-state index contributed by atoms with van der Waals surface area (Å²) in [5, 5.41) is 11.9. The number of likely N-dealkylation sites (tertiary alicyclic amines) is 1. The molecule has 1 aromatic carbocycles. The highest BCUT2D eigenvalue weighted by Gasteiger charge is 2.21. The van der Waals surface area contributed by atoms with E-state index in [0.29, 0.717) is 18.3 Å². The van der Waals surface area contributed by atoms with Gasteiger partial charge in [-0.15, -0.1) is 5.10 Å². The van der Waals surface area contributed by atoms with E-state index in [1.807, 2.05) is 35.1 Å². The van der Waals surface area contributed by atoms with Crippen molar-refractivity contribution in [2.75, 3.05) is 18.4 Å². The zero-order chi connectivity index (χ0) is 22.5. The summed E-state index contributed by atoms with van der Waals surface area (Å²) in [6, 6.07) is 17.4. The number of anilines is 2. The molecule has 5 rings (SSSR count). The monoisotopic (exact) mass is 443 g/mol. The fourth-order valence-corrected chi connectivity index (χ4v) is 4.27. The molecule has 0 amide bonds. The van der Waals surface area contributed by atoms with Crippen LogP contribution in [0, 0.1) is 5.82 Å². The first-order valence-corrected chi connectivity index (χ1v) is 11.2. The number of nitrogens with zero attached hydrogens (tertiary/aromatic N) is 6. The highest BCUT2D eigenvalue weighted by Crippen LogP contribution is 2.30. The molecule has 0 saturated carbocycles. The minimum absolute atomic E-state index is 0.336. The smallest absolute Gasteiger partial charge is 0.141 e. The van der Waals surface area contributed by atoms with Crippen molar-refractivity contribution >= 4 is 11.5 Å². The van der Waals surface area contributed by atoms with E-state index >= 15 is 0 Å². The van der Waals surface area contributed by atoms with Gasteiger partial charge in [0.05, 0.1) is 30.3 Å². The van der Waals surface area contributed by atoms with Gasteiger partial charge in [0, 0.05) is 18.4 Å². The first-order valence-electron chi connectivity index (χ1n) is 11.2. The Morgan fingerprint density at radius 2 is 1.85 bits per heavy atom. The molecule has 3 aromatic heterocycles. The maximum absolute atomic E-state index is 13.1. The third kappa shape index (κ3) is 5.59. The van der Waals surface area contributed by atoms with Crippen molar-refractivity contribution < 1.29 is 4.39 Å². The maximum Gasteiger partial charge on any atom is 0.141 e. The van der Waals surface area contributed by atoms with Crippen molar-refractivity contribution in [1.29, 1.82) is 0 Å². The van der Waals surface area contributed by atoms with Gasteiger partial charge in [-0.1, -0.05) is 23.4 Å². The van der Waals surface area contributed by atoms with Crippen LogP contribution in [0.1, 0.15) is 35.7 Å². The topological polar surface area (TPSA) is 71.8 Å². The van der Waals surface area contributed by atoms with Gasteiger partial charge in [0.2, 0.25) is 0 Å². The van der Waals surface area contributed by atoms with Crippen LogP contribution in [0.3, 0.4) is 0 Å². The molecule has 1 fully saturated rings. The van der Waals surface area contributed by atoms with Gasteiger partial charge in [-0.3, -0.25) is 9.88 Å². The van der Waals surface area contributed by atoms with Gasteiger partial charge in [-0.2, -0.15) is 0 Å². The second-order valence-corrected chi connectivity index (χ2v) is 8.39. The Labute approximate surface area is 192 Å². The average molecular weight is 444 g/mol. The van der Waals surface area contributed by atoms with Gasteiger partial charge in [-0.25, -0.2) is 14.1 Å². The Balaban J connectivity index is 1.14. The molecule has 0 bridgehead atoms. The van der Waals surface area contributed by atoms with Crippen LogP contribution in [0.15, 0.2) is 73.2 Å². The predicted octanol–water partition coefficient (Wildman–Crippen LogP) is 4.38. The Kier molecular flexibility index (Phi) is 6.34. The number of benzene rings is 1. The third-order valence-corrected chi connectivity index (χ3v) is 5.97. The lowest BCUT2D eigenvalue weighted by Crippen LogP contribution is -2.32. The number of hydrogen-bond acceptors (Lipinski definition) is 6. The Morgan fingerprint density at radius 1 is 0.939 bits per heavy atom. The summed E-state index contributed by atoms with van der Waals surface area (Å²) in [6.45, 7) is 3.49. The van der Waals surface area contributed by atoms with Crippen LogP contribution in [0.25, 0.3) is 0 Å². The number of pyridine rings is 2. The molecular weight excluding hydrogens is 417 g/mol. The third-order valence-electron chi connectivity index (χ3n) is 5.97. The van der Waals surface area contributed by atoms with Gasteiger partial charge in [0.1, 0.15) is 11.6 Å². The molecule has 1 aliphatic heterocycles. The molecular formula is C25H26FN7. The first-order chi connectivity index (χ1) is 16.2. The maximum atomic E-state index is 13.1. The van der Waals surface area contributed by atoms with Gasteiger partial charge >= 0.3 is 0 Å². The molecule has 0 radical (unpaired) electrons. The van der Waals surface area contributed by atoms with Gasteiger partial charge in [0.25, 0.3) is 0 Å². The van der Waals surface area contributed by atoms with Gasteiger partial charge in [-0.05, 0) is 73.8 Å². The SMILES string of the molecule is Fc1ccc(Nc2cccc(C3CCN(Cc4cn(Cc5ccccn5)nn4)CC3)c2)nc1. The highest BCUT2D eigenvalue weighted by atomic mass is 19.1. The molecule has 168 valence electrons. The minimum Gasteiger partial charge on any atom is -0.340 e. The van der Waals surface area contributed by atoms with E-state index < -0.39 is 0 Å². The van der Waals surface area contributed by atoms with E-state index in [1.165, 1.54) is 17.8 Å². The standard InChI is InChI=1S/C25H26FN7/c26-21-7-8-25(28-15-21)29-22-6-3-4-20(14-22)19-9-12-32(13-10-19)16-24-18-33(31-30-24)17-23-5-1-2-11-27-23/h1-8,11,14-15,18-19H,9-10,12-13,16-17H2,(H,28,29). The molecule has 4 aromatic rings. The van der Waals surface area contributed by atoms with E-state index in [1.54, 1.807) is 12.3 Å². The van der Waals surface area contributed by atoms with Crippen molar-refractivity contribution in [2.45, 2.75) is 31.8 Å². The van der Waals surface area contributed by atoms with E-state index in [9.17, 15) is 4.39 Å². The van der Waals surface area contributed by atoms with Crippen molar-refractivity contribution in [3.05, 3.63) is 96.0 Å². The van der Waals surface area contributed by atoms with Crippen LogP contribution in [-0.4, -0.2) is 43.0 Å². The summed E-state index contributed by atoms with van der Waals surface area (Å²) in [5.41, 5.74) is 4.26. The molecule has 1 N–H and O–H groups in total. The van der Waals surface area contributed by atoms with Gasteiger partial charge < -0.3 is 5.32 Å². The molecule has 7 nitrogen and oxygen atoms in total. The molecule has 0 spiro atoms. The predicted molar refractivity (Wildman–Crippen MR) is 125 cm³/mol.